The van der Waals surface area contributed by atoms with Gasteiger partial charge in [0, 0.05) is 30.4 Å². The zero-order valence-corrected chi connectivity index (χ0v) is 20.9. The topological polar surface area (TPSA) is 119 Å². The maximum Gasteiger partial charge on any atom is 0.298 e. The number of nitrogens with two attached hydrogens (primary N) is 1. The quantitative estimate of drug-likeness (QED) is 0.395. The van der Waals surface area contributed by atoms with Crippen LogP contribution in [0.5, 0.6) is 0 Å². The lowest BCUT2D eigenvalue weighted by molar-refractivity contribution is -0.126. The smallest absolute Gasteiger partial charge is 0.298 e. The Kier molecular flexibility index (Phi) is 6.75. The third kappa shape index (κ3) is 4.84. The summed E-state index contributed by atoms with van der Waals surface area (Å²) in [5.74, 6) is 5.60. The van der Waals surface area contributed by atoms with E-state index in [1.165, 1.54) is 6.20 Å². The van der Waals surface area contributed by atoms with Gasteiger partial charge in [-0.2, -0.15) is 5.10 Å². The van der Waals surface area contributed by atoms with Crippen LogP contribution in [0, 0.1) is 11.8 Å². The molecule has 0 saturated carbocycles. The lowest BCUT2D eigenvalue weighted by atomic mass is 10.0. The molecule has 1 aliphatic heterocycles. The summed E-state index contributed by atoms with van der Waals surface area (Å²) in [5.41, 5.74) is 8.82. The third-order valence-corrected chi connectivity index (χ3v) is 6.57. The molecule has 37 heavy (non-hydrogen) atoms. The predicted octanol–water partition coefficient (Wildman–Crippen LogP) is 4.17. The highest BCUT2D eigenvalue weighted by Crippen LogP contribution is 2.38. The van der Waals surface area contributed by atoms with Gasteiger partial charge in [-0.25, -0.2) is 9.97 Å². The molecular weight excluding hydrogens is 490 g/mol. The van der Waals surface area contributed by atoms with Gasteiger partial charge in [0.2, 0.25) is 0 Å². The number of carbonyl (C=O) groups excluding carboxylic acids is 2. The number of nitrogens with zero attached hydrogens (tertiary/aromatic N) is 5. The van der Waals surface area contributed by atoms with Crippen LogP contribution in [-0.4, -0.2) is 49.6 Å². The molecule has 0 aliphatic carbocycles. The molecule has 0 spiro atoms. The molecule has 1 saturated heterocycles. The number of nitrogen functional groups attached to an aromatic ring is 1. The van der Waals surface area contributed by atoms with Crippen molar-refractivity contribution in [2.24, 2.45) is 0 Å². The van der Waals surface area contributed by atoms with E-state index in [4.69, 9.17) is 22.4 Å². The second-order valence-corrected chi connectivity index (χ2v) is 9.08. The number of carbonyl (C=O) groups is 2. The van der Waals surface area contributed by atoms with Crippen molar-refractivity contribution in [1.29, 1.82) is 0 Å². The number of rotatable bonds is 4. The Morgan fingerprint density at radius 2 is 1.97 bits per heavy atom. The zero-order valence-electron chi connectivity index (χ0n) is 20.1. The van der Waals surface area contributed by atoms with E-state index in [0.717, 1.165) is 18.4 Å². The number of piperidine rings is 1. The molecule has 0 unspecified atom stereocenters. The maximum absolute atomic E-state index is 12.7. The lowest BCUT2D eigenvalue weighted by Crippen LogP contribution is -2.40. The van der Waals surface area contributed by atoms with E-state index in [2.05, 4.69) is 27.1 Å². The number of halogens is 1. The standard InChI is InChI=1S/C27H24ClN7O2/c1-2-6-22(36)34-14-5-7-19(16-34)35-25-20(28)15-31-26(29)23(25)24(33-35)17-9-11-18(12-10-17)27(37)32-21-8-3-4-13-30-21/h3-4,8-13,15,19H,5,7,14,16H2,1H3,(H2,29,31)(H,30,32,37)/t19-/m1/s1. The molecule has 1 aliphatic rings. The van der Waals surface area contributed by atoms with Crippen molar-refractivity contribution in [3.8, 4) is 23.1 Å². The summed E-state index contributed by atoms with van der Waals surface area (Å²) in [6.07, 6.45) is 4.77. The number of likely N-dealkylation sites (tertiary alicyclic amines) is 1. The number of amides is 2. The van der Waals surface area contributed by atoms with Crippen molar-refractivity contribution in [2.75, 3.05) is 24.1 Å². The Labute approximate surface area is 218 Å². The van der Waals surface area contributed by atoms with Crippen LogP contribution in [-0.2, 0) is 4.79 Å². The summed E-state index contributed by atoms with van der Waals surface area (Å²) < 4.78 is 1.85. The number of hydrogen-bond acceptors (Lipinski definition) is 6. The van der Waals surface area contributed by atoms with E-state index in [0.29, 0.717) is 51.9 Å². The van der Waals surface area contributed by atoms with Crippen LogP contribution in [0.3, 0.4) is 0 Å². The number of benzene rings is 1. The van der Waals surface area contributed by atoms with Gasteiger partial charge in [-0.3, -0.25) is 14.3 Å². The summed E-state index contributed by atoms with van der Waals surface area (Å²) in [6.45, 7) is 2.76. The average Bonchev–Trinajstić information content (AvgIpc) is 3.34. The fourth-order valence-corrected chi connectivity index (χ4v) is 4.78. The molecular formula is C27H24ClN7O2. The summed E-state index contributed by atoms with van der Waals surface area (Å²) in [5, 5.41) is 8.75. The maximum atomic E-state index is 12.7. The molecule has 3 N–H and O–H groups in total. The molecule has 1 aromatic carbocycles. The first-order valence-corrected chi connectivity index (χ1v) is 12.2. The third-order valence-electron chi connectivity index (χ3n) is 6.30. The fraction of sp³-hybridized carbons (Fsp3) is 0.222. The van der Waals surface area contributed by atoms with E-state index in [1.807, 2.05) is 16.8 Å². The molecule has 5 rings (SSSR count). The molecule has 3 aromatic heterocycles. The monoisotopic (exact) mass is 513 g/mol. The minimum absolute atomic E-state index is 0.102. The minimum Gasteiger partial charge on any atom is -0.383 e. The van der Waals surface area contributed by atoms with Crippen LogP contribution >= 0.6 is 11.6 Å². The normalized spacial score (nSPS) is 15.2. The van der Waals surface area contributed by atoms with Gasteiger partial charge in [0.25, 0.3) is 11.8 Å². The molecule has 2 amide bonds. The molecule has 0 bridgehead atoms. The molecule has 9 nitrogen and oxygen atoms in total. The highest BCUT2D eigenvalue weighted by atomic mass is 35.5. The fourth-order valence-electron chi connectivity index (χ4n) is 4.55. The second-order valence-electron chi connectivity index (χ2n) is 8.68. The zero-order chi connectivity index (χ0) is 25.9. The largest absolute Gasteiger partial charge is 0.383 e. The Morgan fingerprint density at radius 3 is 2.70 bits per heavy atom. The van der Waals surface area contributed by atoms with Crippen LogP contribution in [0.1, 0.15) is 36.2 Å². The van der Waals surface area contributed by atoms with E-state index < -0.39 is 0 Å². The van der Waals surface area contributed by atoms with Gasteiger partial charge in [-0.1, -0.05) is 35.7 Å². The van der Waals surface area contributed by atoms with Gasteiger partial charge in [0.1, 0.15) is 17.3 Å². The van der Waals surface area contributed by atoms with Crippen LogP contribution in [0.4, 0.5) is 11.6 Å². The van der Waals surface area contributed by atoms with Crippen molar-refractivity contribution in [3.63, 3.8) is 0 Å². The summed E-state index contributed by atoms with van der Waals surface area (Å²) in [7, 11) is 0. The van der Waals surface area contributed by atoms with Crippen LogP contribution < -0.4 is 11.1 Å². The molecule has 4 heterocycles. The molecule has 10 heteroatoms. The highest BCUT2D eigenvalue weighted by molar-refractivity contribution is 6.35. The first-order chi connectivity index (χ1) is 18.0. The van der Waals surface area contributed by atoms with Crippen molar-refractivity contribution >= 4 is 46.0 Å². The average molecular weight is 514 g/mol. The van der Waals surface area contributed by atoms with E-state index >= 15 is 0 Å². The Bertz CT molecular complexity index is 1540. The molecule has 1 fully saturated rings. The summed E-state index contributed by atoms with van der Waals surface area (Å²) in [4.78, 5) is 35.2. The van der Waals surface area contributed by atoms with Crippen LogP contribution in [0.2, 0.25) is 5.02 Å². The number of hydrogen-bond donors (Lipinski definition) is 2. The van der Waals surface area contributed by atoms with Gasteiger partial charge in [-0.15, -0.1) is 0 Å². The predicted molar refractivity (Wildman–Crippen MR) is 143 cm³/mol. The lowest BCUT2D eigenvalue weighted by Gasteiger charge is -2.32. The first-order valence-electron chi connectivity index (χ1n) is 11.8. The number of pyridine rings is 2. The SMILES string of the molecule is CC#CC(=O)N1CCC[C@@H](n2nc(-c3ccc(C(=O)Nc4ccccn4)cc3)c3c(N)ncc(Cl)c32)C1. The molecule has 1 atom stereocenters. The highest BCUT2D eigenvalue weighted by Gasteiger charge is 2.28. The van der Waals surface area contributed by atoms with Gasteiger partial charge < -0.3 is 16.0 Å². The molecule has 186 valence electrons. The Balaban J connectivity index is 1.50. The van der Waals surface area contributed by atoms with E-state index in [1.54, 1.807) is 48.4 Å². The Morgan fingerprint density at radius 1 is 1.16 bits per heavy atom. The first kappa shape index (κ1) is 24.3. The van der Waals surface area contributed by atoms with Gasteiger partial charge in [-0.05, 0) is 50.0 Å². The number of fused-ring (bicyclic) bond motifs is 1. The summed E-state index contributed by atoms with van der Waals surface area (Å²) >= 11 is 6.61. The minimum atomic E-state index is -0.271. The van der Waals surface area contributed by atoms with Crippen LogP contribution in [0.25, 0.3) is 22.2 Å². The van der Waals surface area contributed by atoms with Gasteiger partial charge in [0.15, 0.2) is 0 Å². The van der Waals surface area contributed by atoms with Crippen molar-refractivity contribution in [3.05, 3.63) is 65.4 Å². The van der Waals surface area contributed by atoms with Crippen LogP contribution in [0.15, 0.2) is 54.9 Å². The number of nitrogens with one attached hydrogen (secondary N) is 1. The van der Waals surface area contributed by atoms with Crippen molar-refractivity contribution < 1.29 is 9.59 Å². The van der Waals surface area contributed by atoms with Crippen molar-refractivity contribution in [1.82, 2.24) is 24.6 Å². The Hall–Kier alpha value is -4.42. The second kappa shape index (κ2) is 10.3. The van der Waals surface area contributed by atoms with Crippen molar-refractivity contribution in [2.45, 2.75) is 25.8 Å². The summed E-state index contributed by atoms with van der Waals surface area (Å²) in [6, 6.07) is 12.3. The van der Waals surface area contributed by atoms with Gasteiger partial charge >= 0.3 is 0 Å². The molecule has 4 aromatic rings. The van der Waals surface area contributed by atoms with Gasteiger partial charge in [0.05, 0.1) is 28.2 Å². The number of anilines is 2. The van der Waals surface area contributed by atoms with E-state index in [-0.39, 0.29) is 17.9 Å². The molecule has 0 radical (unpaired) electrons. The number of aromatic nitrogens is 4. The van der Waals surface area contributed by atoms with E-state index in [9.17, 15) is 9.59 Å².